The molecule has 0 aliphatic carbocycles. The summed E-state index contributed by atoms with van der Waals surface area (Å²) in [6.07, 6.45) is 14.5. The molecule has 0 aliphatic heterocycles. The van der Waals surface area contributed by atoms with Crippen molar-refractivity contribution in [3.8, 4) is 0 Å². The minimum atomic E-state index is -0.892. The van der Waals surface area contributed by atoms with Crippen molar-refractivity contribution in [2.45, 2.75) is 85.0 Å². The first-order valence-electron chi connectivity index (χ1n) is 9.72. The van der Waals surface area contributed by atoms with E-state index in [1.807, 2.05) is 13.8 Å². The van der Waals surface area contributed by atoms with E-state index in [1.165, 1.54) is 38.5 Å². The van der Waals surface area contributed by atoms with E-state index in [-0.39, 0.29) is 12.3 Å². The van der Waals surface area contributed by atoms with Crippen LogP contribution in [-0.4, -0.2) is 35.0 Å². The molecule has 0 aliphatic rings. The van der Waals surface area contributed by atoms with E-state index >= 15 is 0 Å². The highest BCUT2D eigenvalue weighted by Crippen LogP contribution is 2.16. The number of rotatable bonds is 15. The molecule has 0 bridgehead atoms. The fraction of sp³-hybridized carbons (Fsp3) is 0.800. The Balaban J connectivity index is 4.07. The molecule has 0 fully saturated rings. The first kappa shape index (κ1) is 22.7. The number of allylic oxidation sites excluding steroid dienone is 2. The molecule has 0 radical (unpaired) electrons. The van der Waals surface area contributed by atoms with E-state index < -0.39 is 11.9 Å². The fourth-order valence-electron chi connectivity index (χ4n) is 2.89. The SMILES string of the molecule is CCCCCCCC/C=C/CCC(CC(=O)O)C(=O)N(CC)CC. The Hall–Kier alpha value is -1.32. The van der Waals surface area contributed by atoms with Crippen LogP contribution in [0, 0.1) is 5.92 Å². The maximum atomic E-state index is 12.4. The second-order valence-electron chi connectivity index (χ2n) is 6.41. The number of hydrogen-bond acceptors (Lipinski definition) is 2. The lowest BCUT2D eigenvalue weighted by molar-refractivity contribution is -0.144. The first-order chi connectivity index (χ1) is 11.6. The Labute approximate surface area is 148 Å². The van der Waals surface area contributed by atoms with Gasteiger partial charge in [0.25, 0.3) is 0 Å². The Kier molecular flexibility index (Phi) is 14.4. The van der Waals surface area contributed by atoms with Gasteiger partial charge in [0.15, 0.2) is 0 Å². The van der Waals surface area contributed by atoms with Crippen LogP contribution in [0.1, 0.15) is 85.0 Å². The van der Waals surface area contributed by atoms with Crippen molar-refractivity contribution in [1.29, 1.82) is 0 Å². The van der Waals surface area contributed by atoms with Gasteiger partial charge in [-0.15, -0.1) is 0 Å². The molecule has 0 saturated carbocycles. The number of carbonyl (C=O) groups is 2. The van der Waals surface area contributed by atoms with E-state index in [9.17, 15) is 9.59 Å². The van der Waals surface area contributed by atoms with Gasteiger partial charge in [-0.25, -0.2) is 0 Å². The van der Waals surface area contributed by atoms with Crippen LogP contribution in [0.4, 0.5) is 0 Å². The van der Waals surface area contributed by atoms with Crippen molar-refractivity contribution in [1.82, 2.24) is 4.90 Å². The van der Waals surface area contributed by atoms with Gasteiger partial charge in [-0.1, -0.05) is 51.2 Å². The van der Waals surface area contributed by atoms with E-state index in [4.69, 9.17) is 5.11 Å². The molecule has 0 rings (SSSR count). The monoisotopic (exact) mass is 339 g/mol. The highest BCUT2D eigenvalue weighted by Gasteiger charge is 2.24. The second-order valence-corrected chi connectivity index (χ2v) is 6.41. The summed E-state index contributed by atoms with van der Waals surface area (Å²) in [6, 6.07) is 0. The Bertz CT molecular complexity index is 362. The van der Waals surface area contributed by atoms with Crippen molar-refractivity contribution in [2.75, 3.05) is 13.1 Å². The molecule has 0 spiro atoms. The summed E-state index contributed by atoms with van der Waals surface area (Å²) in [5.41, 5.74) is 0. The van der Waals surface area contributed by atoms with Crippen LogP contribution < -0.4 is 0 Å². The summed E-state index contributed by atoms with van der Waals surface area (Å²) in [4.78, 5) is 25.1. The predicted molar refractivity (Wildman–Crippen MR) is 100 cm³/mol. The number of hydrogen-bond donors (Lipinski definition) is 1. The summed E-state index contributed by atoms with van der Waals surface area (Å²) in [5, 5.41) is 9.03. The molecule has 4 nitrogen and oxygen atoms in total. The van der Waals surface area contributed by atoms with E-state index in [0.717, 1.165) is 12.8 Å². The third-order valence-corrected chi connectivity index (χ3v) is 4.42. The highest BCUT2D eigenvalue weighted by atomic mass is 16.4. The Morgan fingerprint density at radius 2 is 1.50 bits per heavy atom. The molecule has 1 unspecified atom stereocenters. The summed E-state index contributed by atoms with van der Waals surface area (Å²) < 4.78 is 0. The second kappa shape index (κ2) is 15.2. The quantitative estimate of drug-likeness (QED) is 0.336. The molecule has 0 aromatic heterocycles. The van der Waals surface area contributed by atoms with Crippen molar-refractivity contribution in [3.05, 3.63) is 12.2 Å². The van der Waals surface area contributed by atoms with Gasteiger partial charge in [-0.3, -0.25) is 9.59 Å². The van der Waals surface area contributed by atoms with Gasteiger partial charge in [0, 0.05) is 19.0 Å². The van der Waals surface area contributed by atoms with E-state index in [0.29, 0.717) is 19.5 Å². The lowest BCUT2D eigenvalue weighted by Gasteiger charge is -2.24. The molecule has 24 heavy (non-hydrogen) atoms. The largest absolute Gasteiger partial charge is 0.481 e. The van der Waals surface area contributed by atoms with Gasteiger partial charge in [-0.05, 0) is 39.5 Å². The summed E-state index contributed by atoms with van der Waals surface area (Å²) in [5.74, 6) is -1.32. The average molecular weight is 340 g/mol. The van der Waals surface area contributed by atoms with Crippen molar-refractivity contribution >= 4 is 11.9 Å². The standard InChI is InChI=1S/C20H37NO3/c1-4-7-8-9-10-11-12-13-14-15-16-18(17-19(22)23)20(24)21(5-2)6-3/h13-14,18H,4-12,15-17H2,1-3H3,(H,22,23)/b14-13+. The average Bonchev–Trinajstić information content (AvgIpc) is 2.56. The molecule has 4 heteroatoms. The number of carboxylic acid groups (broad SMARTS) is 1. The number of aliphatic carboxylic acids is 1. The third kappa shape index (κ3) is 11.3. The van der Waals surface area contributed by atoms with E-state index in [2.05, 4.69) is 19.1 Å². The summed E-state index contributed by atoms with van der Waals surface area (Å²) in [6.45, 7) is 7.36. The van der Waals surface area contributed by atoms with Crippen molar-refractivity contribution < 1.29 is 14.7 Å². The molecule has 0 aromatic carbocycles. The Morgan fingerprint density at radius 1 is 0.917 bits per heavy atom. The molecular formula is C20H37NO3. The molecule has 0 saturated heterocycles. The van der Waals surface area contributed by atoms with Crippen LogP contribution in [0.2, 0.25) is 0 Å². The van der Waals surface area contributed by atoms with Gasteiger partial charge in [-0.2, -0.15) is 0 Å². The summed E-state index contributed by atoms with van der Waals surface area (Å²) >= 11 is 0. The normalized spacial score (nSPS) is 12.5. The minimum Gasteiger partial charge on any atom is -0.481 e. The van der Waals surface area contributed by atoms with Crippen LogP contribution in [0.15, 0.2) is 12.2 Å². The van der Waals surface area contributed by atoms with Crippen LogP contribution >= 0.6 is 0 Å². The molecule has 0 heterocycles. The Morgan fingerprint density at radius 3 is 2.08 bits per heavy atom. The molecular weight excluding hydrogens is 302 g/mol. The minimum absolute atomic E-state index is 0.0216. The molecule has 1 amide bonds. The molecule has 1 N–H and O–H groups in total. The van der Waals surface area contributed by atoms with Crippen LogP contribution in [-0.2, 0) is 9.59 Å². The number of amides is 1. The zero-order valence-electron chi connectivity index (χ0n) is 15.9. The van der Waals surface area contributed by atoms with Crippen LogP contribution in [0.5, 0.6) is 0 Å². The number of unbranched alkanes of at least 4 members (excludes halogenated alkanes) is 6. The highest BCUT2D eigenvalue weighted by molar-refractivity contribution is 5.83. The maximum absolute atomic E-state index is 12.4. The van der Waals surface area contributed by atoms with Gasteiger partial charge in [0.1, 0.15) is 0 Å². The number of carbonyl (C=O) groups excluding carboxylic acids is 1. The van der Waals surface area contributed by atoms with Crippen molar-refractivity contribution in [3.63, 3.8) is 0 Å². The first-order valence-corrected chi connectivity index (χ1v) is 9.72. The maximum Gasteiger partial charge on any atom is 0.304 e. The molecule has 140 valence electrons. The zero-order valence-corrected chi connectivity index (χ0v) is 15.9. The third-order valence-electron chi connectivity index (χ3n) is 4.42. The van der Waals surface area contributed by atoms with Gasteiger partial charge in [0.2, 0.25) is 5.91 Å². The smallest absolute Gasteiger partial charge is 0.304 e. The zero-order chi connectivity index (χ0) is 18.2. The van der Waals surface area contributed by atoms with Crippen LogP contribution in [0.25, 0.3) is 0 Å². The van der Waals surface area contributed by atoms with E-state index in [1.54, 1.807) is 4.90 Å². The number of nitrogens with zero attached hydrogens (tertiary/aromatic N) is 1. The topological polar surface area (TPSA) is 57.6 Å². The van der Waals surface area contributed by atoms with Crippen molar-refractivity contribution in [2.24, 2.45) is 5.92 Å². The lowest BCUT2D eigenvalue weighted by atomic mass is 9.97. The number of carboxylic acids is 1. The van der Waals surface area contributed by atoms with Gasteiger partial charge < -0.3 is 10.0 Å². The predicted octanol–water partition coefficient (Wildman–Crippen LogP) is 5.03. The fourth-order valence-corrected chi connectivity index (χ4v) is 2.89. The lowest BCUT2D eigenvalue weighted by Crippen LogP contribution is -2.36. The molecule has 1 atom stereocenters. The van der Waals surface area contributed by atoms with Crippen LogP contribution in [0.3, 0.4) is 0 Å². The van der Waals surface area contributed by atoms with Gasteiger partial charge >= 0.3 is 5.97 Å². The summed E-state index contributed by atoms with van der Waals surface area (Å²) in [7, 11) is 0. The van der Waals surface area contributed by atoms with Gasteiger partial charge in [0.05, 0.1) is 6.42 Å². The molecule has 0 aromatic rings.